The van der Waals surface area contributed by atoms with E-state index in [1.165, 1.54) is 0 Å². The van der Waals surface area contributed by atoms with E-state index in [2.05, 4.69) is 0 Å². The molecule has 0 unspecified atom stereocenters. The molecular formula is C9H15O3P. The van der Waals surface area contributed by atoms with Crippen LogP contribution < -0.4 is 0 Å². The minimum absolute atomic E-state index is 0.113. The molecule has 3 N–H and O–H groups in total. The molecular weight excluding hydrogens is 187 g/mol. The van der Waals surface area contributed by atoms with Crippen LogP contribution in [0.5, 0.6) is 0 Å². The summed E-state index contributed by atoms with van der Waals surface area (Å²) >= 11 is 0. The van der Waals surface area contributed by atoms with Crippen molar-refractivity contribution in [2.75, 3.05) is 6.16 Å². The van der Waals surface area contributed by atoms with Crippen molar-refractivity contribution in [1.29, 1.82) is 0 Å². The second kappa shape index (κ2) is 4.68. The van der Waals surface area contributed by atoms with Crippen molar-refractivity contribution < 1.29 is 14.7 Å². The monoisotopic (exact) mass is 202 g/mol. The van der Waals surface area contributed by atoms with Crippen LogP contribution in [0.1, 0.15) is 12.0 Å². The predicted octanol–water partition coefficient (Wildman–Crippen LogP) is 1.09. The van der Waals surface area contributed by atoms with Gasteiger partial charge in [0.25, 0.3) is 0 Å². The summed E-state index contributed by atoms with van der Waals surface area (Å²) in [7, 11) is -3.81. The molecule has 3 nitrogen and oxygen atoms in total. The van der Waals surface area contributed by atoms with Crippen molar-refractivity contribution in [3.05, 3.63) is 35.9 Å². The van der Waals surface area contributed by atoms with Gasteiger partial charge in [0.15, 0.2) is 0 Å². The van der Waals surface area contributed by atoms with E-state index < -0.39 is 7.94 Å². The number of hydrogen-bond acceptors (Lipinski definition) is 3. The molecule has 1 aromatic carbocycles. The Kier molecular flexibility index (Phi) is 3.82. The van der Waals surface area contributed by atoms with Crippen LogP contribution in [0.25, 0.3) is 0 Å². The standard InChI is InChI=1S/C9H15O3P/c10-13(11,12)8-4-7-9-5-2-1-3-6-9/h1-3,5-6,10-13H,4,7-8H2. The van der Waals surface area contributed by atoms with Gasteiger partial charge in [-0.25, -0.2) is 0 Å². The average molecular weight is 202 g/mol. The predicted molar refractivity (Wildman–Crippen MR) is 54.6 cm³/mol. The van der Waals surface area contributed by atoms with Gasteiger partial charge in [-0.15, -0.1) is 0 Å². The molecule has 0 radical (unpaired) electrons. The van der Waals surface area contributed by atoms with E-state index in [1.807, 2.05) is 30.3 Å². The molecule has 74 valence electrons. The Morgan fingerprint density at radius 3 is 2.15 bits per heavy atom. The van der Waals surface area contributed by atoms with Crippen LogP contribution in [-0.2, 0) is 6.42 Å². The first kappa shape index (κ1) is 10.6. The molecule has 0 bridgehead atoms. The van der Waals surface area contributed by atoms with Gasteiger partial charge in [-0.3, -0.25) is 0 Å². The molecule has 13 heavy (non-hydrogen) atoms. The van der Waals surface area contributed by atoms with Crippen molar-refractivity contribution in [1.82, 2.24) is 0 Å². The van der Waals surface area contributed by atoms with Gasteiger partial charge in [0.05, 0.1) is 0 Å². The second-order valence-electron chi connectivity index (χ2n) is 3.11. The summed E-state index contributed by atoms with van der Waals surface area (Å²) in [5.74, 6) is 0. The summed E-state index contributed by atoms with van der Waals surface area (Å²) in [6, 6.07) is 9.78. The molecule has 0 saturated heterocycles. The summed E-state index contributed by atoms with van der Waals surface area (Å²) in [5.41, 5.74) is 1.15. The molecule has 0 aliphatic heterocycles. The van der Waals surface area contributed by atoms with Gasteiger partial charge in [0, 0.05) is 0 Å². The zero-order chi connectivity index (χ0) is 9.73. The van der Waals surface area contributed by atoms with Crippen molar-refractivity contribution in [2.24, 2.45) is 0 Å². The van der Waals surface area contributed by atoms with Gasteiger partial charge >= 0.3 is 77.5 Å². The van der Waals surface area contributed by atoms with Gasteiger partial charge in [0.1, 0.15) is 0 Å². The molecule has 0 aromatic heterocycles. The third kappa shape index (κ3) is 4.96. The van der Waals surface area contributed by atoms with Gasteiger partial charge in [-0.05, 0) is 0 Å². The van der Waals surface area contributed by atoms with Crippen LogP contribution in [0, 0.1) is 0 Å². The van der Waals surface area contributed by atoms with Gasteiger partial charge in [0.2, 0.25) is 0 Å². The molecule has 0 aliphatic rings. The van der Waals surface area contributed by atoms with Crippen LogP contribution in [0.15, 0.2) is 30.3 Å². The Hall–Kier alpha value is -0.470. The molecule has 0 saturated carbocycles. The molecule has 1 aromatic rings. The first-order valence-corrected chi connectivity index (χ1v) is 6.34. The van der Waals surface area contributed by atoms with E-state index >= 15 is 0 Å². The molecule has 4 heteroatoms. The van der Waals surface area contributed by atoms with Gasteiger partial charge in [-0.2, -0.15) is 0 Å². The molecule has 0 aliphatic carbocycles. The molecule has 1 rings (SSSR count). The topological polar surface area (TPSA) is 60.7 Å². The van der Waals surface area contributed by atoms with Crippen molar-refractivity contribution in [3.63, 3.8) is 0 Å². The van der Waals surface area contributed by atoms with E-state index in [0.717, 1.165) is 12.0 Å². The average Bonchev–Trinajstić information content (AvgIpc) is 2.04. The molecule has 0 atom stereocenters. The normalized spacial score (nSPS) is 12.8. The van der Waals surface area contributed by atoms with Crippen LogP contribution in [0.4, 0.5) is 0 Å². The number of rotatable bonds is 4. The first-order valence-electron chi connectivity index (χ1n) is 4.29. The minimum atomic E-state index is -3.81. The number of benzene rings is 1. The zero-order valence-electron chi connectivity index (χ0n) is 7.35. The summed E-state index contributed by atoms with van der Waals surface area (Å²) in [6.45, 7) is 0. The Balaban J connectivity index is 2.29. The molecule has 0 fully saturated rings. The Morgan fingerprint density at radius 1 is 1.00 bits per heavy atom. The van der Waals surface area contributed by atoms with E-state index in [9.17, 15) is 0 Å². The second-order valence-corrected chi connectivity index (χ2v) is 5.16. The number of aryl methyl sites for hydroxylation is 1. The van der Waals surface area contributed by atoms with Crippen molar-refractivity contribution in [3.8, 4) is 0 Å². The molecule has 0 spiro atoms. The van der Waals surface area contributed by atoms with Gasteiger partial charge < -0.3 is 0 Å². The summed E-state index contributed by atoms with van der Waals surface area (Å²) in [5, 5.41) is 0. The van der Waals surface area contributed by atoms with E-state index in [-0.39, 0.29) is 6.16 Å². The van der Waals surface area contributed by atoms with Crippen LogP contribution in [-0.4, -0.2) is 20.8 Å². The number of hydrogen-bond donors (Lipinski definition) is 3. The van der Waals surface area contributed by atoms with E-state index in [4.69, 9.17) is 14.7 Å². The fourth-order valence-electron chi connectivity index (χ4n) is 1.17. The quantitative estimate of drug-likeness (QED) is 0.640. The van der Waals surface area contributed by atoms with Crippen LogP contribution in [0.3, 0.4) is 0 Å². The van der Waals surface area contributed by atoms with E-state index in [0.29, 0.717) is 6.42 Å². The fraction of sp³-hybridized carbons (Fsp3) is 0.333. The Labute approximate surface area is 78.3 Å². The summed E-state index contributed by atoms with van der Waals surface area (Å²) < 4.78 is 0. The summed E-state index contributed by atoms with van der Waals surface area (Å²) in [4.78, 5) is 26.2. The molecule has 0 amide bonds. The Morgan fingerprint density at radius 2 is 1.62 bits per heavy atom. The van der Waals surface area contributed by atoms with Gasteiger partial charge in [-0.1, -0.05) is 0 Å². The van der Waals surface area contributed by atoms with Crippen molar-refractivity contribution >= 4 is 7.94 Å². The fourth-order valence-corrected chi connectivity index (χ4v) is 1.83. The SMILES string of the molecule is O[PH](O)(O)CCCc1ccccc1. The Bertz CT molecular complexity index is 243. The third-order valence-electron chi connectivity index (χ3n) is 1.82. The first-order chi connectivity index (χ1) is 6.08. The maximum atomic E-state index is 8.75. The summed E-state index contributed by atoms with van der Waals surface area (Å²) in [6.07, 6.45) is 1.50. The van der Waals surface area contributed by atoms with Crippen LogP contribution >= 0.6 is 7.94 Å². The molecule has 0 heterocycles. The zero-order valence-corrected chi connectivity index (χ0v) is 8.35. The maximum absolute atomic E-state index is 8.75. The van der Waals surface area contributed by atoms with E-state index in [1.54, 1.807) is 0 Å². The van der Waals surface area contributed by atoms with Crippen LogP contribution in [0.2, 0.25) is 0 Å². The van der Waals surface area contributed by atoms with Crippen molar-refractivity contribution in [2.45, 2.75) is 12.8 Å². The third-order valence-corrected chi connectivity index (χ3v) is 2.84.